The van der Waals surface area contributed by atoms with Crippen LogP contribution in [-0.2, 0) is 12.8 Å². The van der Waals surface area contributed by atoms with Gasteiger partial charge in [-0.1, -0.05) is 35.9 Å². The second-order valence-corrected chi connectivity index (χ2v) is 5.26. The van der Waals surface area contributed by atoms with E-state index < -0.39 is 0 Å². The number of Topliss-reactive ketones (excluding diaryl/α,β-unsaturated/α-hetero) is 1. The van der Waals surface area contributed by atoms with Gasteiger partial charge in [0.1, 0.15) is 6.07 Å². The maximum atomic E-state index is 11.2. The summed E-state index contributed by atoms with van der Waals surface area (Å²) in [5, 5.41) is 16.7. The molecule has 1 heterocycles. The van der Waals surface area contributed by atoms with E-state index in [1.165, 1.54) is 0 Å². The third-order valence-electron chi connectivity index (χ3n) is 3.07. The molecule has 1 N–H and O–H groups in total. The third-order valence-corrected chi connectivity index (χ3v) is 3.35. The number of hydrogen-bond acceptors (Lipinski definition) is 4. The number of hydrogen-bond donors (Lipinski definition) is 1. The lowest BCUT2D eigenvalue weighted by molar-refractivity contribution is 0.101. The van der Waals surface area contributed by atoms with E-state index in [9.17, 15) is 4.79 Å². The van der Waals surface area contributed by atoms with Crippen molar-refractivity contribution in [2.75, 3.05) is 6.61 Å². The standard InChI is InChI=1S/C16H13ClN2O.C2H6O/c1-11(20)14-6-4-12(5-7-14)2-3-13-8-15(17)16(9-18)19-10-13;1-2-3/h4-8,10H,2-3H2,1H3;3H,2H2,1H3. The van der Waals surface area contributed by atoms with Crippen LogP contribution in [0.4, 0.5) is 0 Å². The molecule has 0 atom stereocenters. The van der Waals surface area contributed by atoms with Crippen molar-refractivity contribution in [3.05, 3.63) is 63.9 Å². The number of aliphatic hydroxyl groups is 1. The van der Waals surface area contributed by atoms with Crippen LogP contribution in [0.2, 0.25) is 5.02 Å². The number of nitriles is 1. The number of benzene rings is 1. The Morgan fingerprint density at radius 3 is 2.30 bits per heavy atom. The molecule has 0 radical (unpaired) electrons. The summed E-state index contributed by atoms with van der Waals surface area (Å²) in [6, 6.07) is 11.3. The monoisotopic (exact) mass is 330 g/mol. The Morgan fingerprint density at radius 2 is 1.83 bits per heavy atom. The fourth-order valence-corrected chi connectivity index (χ4v) is 2.12. The minimum absolute atomic E-state index is 0.0691. The van der Waals surface area contributed by atoms with Crippen LogP contribution in [0.3, 0.4) is 0 Å². The van der Waals surface area contributed by atoms with Gasteiger partial charge in [0.15, 0.2) is 11.5 Å². The minimum atomic E-state index is 0.0691. The summed E-state index contributed by atoms with van der Waals surface area (Å²) in [7, 11) is 0. The average molecular weight is 331 g/mol. The number of halogens is 1. The van der Waals surface area contributed by atoms with E-state index in [0.29, 0.717) is 5.02 Å². The predicted octanol–water partition coefficient (Wildman–Crippen LogP) is 3.59. The molecular weight excluding hydrogens is 312 g/mol. The van der Waals surface area contributed by atoms with Crippen LogP contribution in [0.5, 0.6) is 0 Å². The van der Waals surface area contributed by atoms with Gasteiger partial charge in [0.2, 0.25) is 0 Å². The van der Waals surface area contributed by atoms with Gasteiger partial charge in [-0.25, -0.2) is 4.98 Å². The molecule has 0 amide bonds. The van der Waals surface area contributed by atoms with Crippen LogP contribution in [0, 0.1) is 11.3 Å². The van der Waals surface area contributed by atoms with Gasteiger partial charge in [-0.15, -0.1) is 0 Å². The maximum absolute atomic E-state index is 11.2. The molecule has 1 aromatic heterocycles. The Morgan fingerprint density at radius 1 is 1.26 bits per heavy atom. The fourth-order valence-electron chi connectivity index (χ4n) is 1.89. The van der Waals surface area contributed by atoms with Crippen LogP contribution < -0.4 is 0 Å². The zero-order valence-corrected chi connectivity index (χ0v) is 14.0. The van der Waals surface area contributed by atoms with E-state index in [4.69, 9.17) is 22.0 Å². The van der Waals surface area contributed by atoms with E-state index in [0.717, 1.165) is 29.5 Å². The van der Waals surface area contributed by atoms with Crippen LogP contribution in [0.25, 0.3) is 0 Å². The first-order valence-corrected chi connectivity index (χ1v) is 7.64. The molecular formula is C18H19ClN2O2. The number of aromatic nitrogens is 1. The molecule has 0 fully saturated rings. The number of nitrogens with zero attached hydrogens (tertiary/aromatic N) is 2. The molecule has 0 aliphatic heterocycles. The molecule has 0 saturated carbocycles. The maximum Gasteiger partial charge on any atom is 0.159 e. The number of pyridine rings is 1. The van der Waals surface area contributed by atoms with E-state index >= 15 is 0 Å². The van der Waals surface area contributed by atoms with Crippen molar-refractivity contribution in [3.8, 4) is 6.07 Å². The van der Waals surface area contributed by atoms with Crippen molar-refractivity contribution in [3.63, 3.8) is 0 Å². The smallest absolute Gasteiger partial charge is 0.159 e. The number of aliphatic hydroxyl groups excluding tert-OH is 1. The normalized spacial score (nSPS) is 9.52. The highest BCUT2D eigenvalue weighted by Crippen LogP contribution is 2.16. The molecule has 5 heteroatoms. The highest BCUT2D eigenvalue weighted by Gasteiger charge is 2.04. The van der Waals surface area contributed by atoms with E-state index in [1.807, 2.05) is 30.3 Å². The first-order valence-electron chi connectivity index (χ1n) is 7.27. The molecule has 2 aromatic rings. The van der Waals surface area contributed by atoms with Crippen molar-refractivity contribution in [1.82, 2.24) is 4.98 Å². The number of ketones is 1. The van der Waals surface area contributed by atoms with Gasteiger partial charge in [-0.05, 0) is 43.9 Å². The van der Waals surface area contributed by atoms with E-state index in [1.54, 1.807) is 26.1 Å². The Balaban J connectivity index is 0.000000816. The lowest BCUT2D eigenvalue weighted by Gasteiger charge is -2.04. The average Bonchev–Trinajstić information content (AvgIpc) is 2.54. The van der Waals surface area contributed by atoms with Crippen molar-refractivity contribution >= 4 is 17.4 Å². The highest BCUT2D eigenvalue weighted by molar-refractivity contribution is 6.31. The van der Waals surface area contributed by atoms with Gasteiger partial charge >= 0.3 is 0 Å². The quantitative estimate of drug-likeness (QED) is 0.869. The summed E-state index contributed by atoms with van der Waals surface area (Å²) in [6.45, 7) is 3.49. The summed E-state index contributed by atoms with van der Waals surface area (Å²) in [5.74, 6) is 0.0691. The third kappa shape index (κ3) is 6.19. The van der Waals surface area contributed by atoms with Crippen molar-refractivity contribution in [2.24, 2.45) is 0 Å². The van der Waals surface area contributed by atoms with Crippen molar-refractivity contribution in [1.29, 1.82) is 5.26 Å². The Labute approximate surface area is 141 Å². The molecule has 23 heavy (non-hydrogen) atoms. The summed E-state index contributed by atoms with van der Waals surface area (Å²) >= 11 is 5.94. The number of rotatable bonds is 4. The lowest BCUT2D eigenvalue weighted by Crippen LogP contribution is -1.96. The zero-order valence-electron chi connectivity index (χ0n) is 13.2. The number of aryl methyl sites for hydroxylation is 2. The predicted molar refractivity (Wildman–Crippen MR) is 90.6 cm³/mol. The van der Waals surface area contributed by atoms with Crippen molar-refractivity contribution in [2.45, 2.75) is 26.7 Å². The summed E-state index contributed by atoms with van der Waals surface area (Å²) < 4.78 is 0. The first kappa shape index (κ1) is 18.8. The van der Waals surface area contributed by atoms with Crippen LogP contribution in [0.1, 0.15) is 41.0 Å². The molecule has 0 saturated heterocycles. The fraction of sp³-hybridized carbons (Fsp3) is 0.278. The van der Waals surface area contributed by atoms with Gasteiger partial charge < -0.3 is 5.11 Å². The highest BCUT2D eigenvalue weighted by atomic mass is 35.5. The number of carbonyl (C=O) groups is 1. The number of carbonyl (C=O) groups excluding carboxylic acids is 1. The van der Waals surface area contributed by atoms with Crippen LogP contribution in [0.15, 0.2) is 36.5 Å². The van der Waals surface area contributed by atoms with Gasteiger partial charge in [0.05, 0.1) is 5.02 Å². The Bertz CT molecular complexity index is 691. The second kappa shape index (κ2) is 9.73. The molecule has 0 aliphatic rings. The summed E-state index contributed by atoms with van der Waals surface area (Å²) in [5.41, 5.74) is 3.11. The molecule has 0 spiro atoms. The SMILES string of the molecule is CC(=O)c1ccc(CCc2cnc(C#N)c(Cl)c2)cc1.CCO. The molecule has 2 rings (SSSR count). The van der Waals surface area contributed by atoms with Gasteiger partial charge in [0, 0.05) is 18.4 Å². The molecule has 0 aliphatic carbocycles. The van der Waals surface area contributed by atoms with E-state index in [-0.39, 0.29) is 18.1 Å². The molecule has 0 bridgehead atoms. The second-order valence-electron chi connectivity index (χ2n) is 4.86. The Kier molecular flexibility index (Phi) is 7.96. The molecule has 4 nitrogen and oxygen atoms in total. The van der Waals surface area contributed by atoms with Gasteiger partial charge in [-0.2, -0.15) is 5.26 Å². The van der Waals surface area contributed by atoms with Crippen LogP contribution >= 0.6 is 11.6 Å². The zero-order chi connectivity index (χ0) is 17.2. The molecule has 1 aromatic carbocycles. The van der Waals surface area contributed by atoms with Gasteiger partial charge in [-0.3, -0.25) is 4.79 Å². The molecule has 0 unspecified atom stereocenters. The first-order chi connectivity index (χ1) is 11.0. The Hall–Kier alpha value is -2.22. The largest absolute Gasteiger partial charge is 0.397 e. The minimum Gasteiger partial charge on any atom is -0.397 e. The topological polar surface area (TPSA) is 74.0 Å². The molecule has 120 valence electrons. The summed E-state index contributed by atoms with van der Waals surface area (Å²) in [6.07, 6.45) is 3.30. The van der Waals surface area contributed by atoms with Gasteiger partial charge in [0.25, 0.3) is 0 Å². The van der Waals surface area contributed by atoms with Crippen molar-refractivity contribution < 1.29 is 9.90 Å². The lowest BCUT2D eigenvalue weighted by atomic mass is 10.0. The van der Waals surface area contributed by atoms with E-state index in [2.05, 4.69) is 4.98 Å². The summed E-state index contributed by atoms with van der Waals surface area (Å²) in [4.78, 5) is 15.2. The van der Waals surface area contributed by atoms with Crippen LogP contribution in [-0.4, -0.2) is 22.5 Å².